The first-order valence-corrected chi connectivity index (χ1v) is 5.76. The minimum absolute atomic E-state index is 0.144. The highest BCUT2D eigenvalue weighted by Crippen LogP contribution is 2.11. The van der Waals surface area contributed by atoms with Crippen molar-refractivity contribution in [3.05, 3.63) is 42.0 Å². The van der Waals surface area contributed by atoms with E-state index in [4.69, 9.17) is 9.47 Å². The monoisotopic (exact) mass is 232 g/mol. The Labute approximate surface area is 101 Å². The highest BCUT2D eigenvalue weighted by molar-refractivity contribution is 5.69. The Morgan fingerprint density at radius 1 is 1.47 bits per heavy atom. The van der Waals surface area contributed by atoms with Gasteiger partial charge in [0.15, 0.2) is 0 Å². The number of epoxide rings is 1. The maximum absolute atomic E-state index is 11.4. The van der Waals surface area contributed by atoms with E-state index in [1.54, 1.807) is 6.08 Å². The molecule has 1 aromatic rings. The van der Waals surface area contributed by atoms with Crippen molar-refractivity contribution in [1.82, 2.24) is 0 Å². The summed E-state index contributed by atoms with van der Waals surface area (Å²) in [5, 5.41) is 0. The summed E-state index contributed by atoms with van der Waals surface area (Å²) in [5.41, 5.74) is 2.22. The Morgan fingerprint density at radius 3 is 2.76 bits per heavy atom. The van der Waals surface area contributed by atoms with Crippen LogP contribution >= 0.6 is 0 Å². The number of hydrogen-bond acceptors (Lipinski definition) is 3. The van der Waals surface area contributed by atoms with Gasteiger partial charge in [0.1, 0.15) is 12.7 Å². The number of hydrogen-bond donors (Lipinski definition) is 0. The molecule has 1 aliphatic heterocycles. The number of ether oxygens (including phenoxy) is 2. The maximum Gasteiger partial charge on any atom is 0.306 e. The summed E-state index contributed by atoms with van der Waals surface area (Å²) >= 11 is 0. The second-order valence-electron chi connectivity index (χ2n) is 4.08. The van der Waals surface area contributed by atoms with E-state index in [-0.39, 0.29) is 12.1 Å². The normalized spacial score (nSPS) is 17.5. The molecule has 1 heterocycles. The minimum Gasteiger partial charge on any atom is -0.463 e. The van der Waals surface area contributed by atoms with Crippen LogP contribution in [0.4, 0.5) is 0 Å². The van der Waals surface area contributed by atoms with Gasteiger partial charge < -0.3 is 9.47 Å². The van der Waals surface area contributed by atoms with Gasteiger partial charge in [-0.1, -0.05) is 36.9 Å². The molecule has 1 unspecified atom stereocenters. The van der Waals surface area contributed by atoms with E-state index in [9.17, 15) is 4.79 Å². The molecule has 0 amide bonds. The Kier molecular flexibility index (Phi) is 3.94. The molecule has 0 bridgehead atoms. The molecule has 1 aliphatic rings. The maximum atomic E-state index is 11.4. The molecule has 1 fully saturated rings. The summed E-state index contributed by atoms with van der Waals surface area (Å²) in [5.74, 6) is -0.159. The van der Waals surface area contributed by atoms with Crippen LogP contribution in [0.3, 0.4) is 0 Å². The first kappa shape index (κ1) is 11.9. The van der Waals surface area contributed by atoms with E-state index in [0.29, 0.717) is 19.4 Å². The molecule has 1 saturated heterocycles. The predicted molar refractivity (Wildman–Crippen MR) is 65.6 cm³/mol. The lowest BCUT2D eigenvalue weighted by atomic mass is 10.1. The molecule has 0 saturated carbocycles. The van der Waals surface area contributed by atoms with E-state index >= 15 is 0 Å². The number of aryl methyl sites for hydroxylation is 1. The van der Waals surface area contributed by atoms with E-state index in [0.717, 1.165) is 17.7 Å². The van der Waals surface area contributed by atoms with Crippen LogP contribution in [0.2, 0.25) is 0 Å². The quantitative estimate of drug-likeness (QED) is 0.557. The number of benzene rings is 1. The van der Waals surface area contributed by atoms with Gasteiger partial charge in [-0.3, -0.25) is 4.79 Å². The lowest BCUT2D eigenvalue weighted by Gasteiger charge is -2.03. The smallest absolute Gasteiger partial charge is 0.306 e. The van der Waals surface area contributed by atoms with E-state index in [2.05, 4.69) is 6.58 Å². The van der Waals surface area contributed by atoms with E-state index in [1.807, 2.05) is 24.3 Å². The molecule has 1 aromatic carbocycles. The molecule has 3 nitrogen and oxygen atoms in total. The van der Waals surface area contributed by atoms with Crippen molar-refractivity contribution >= 4 is 12.0 Å². The van der Waals surface area contributed by atoms with Gasteiger partial charge in [-0.15, -0.1) is 0 Å². The van der Waals surface area contributed by atoms with Gasteiger partial charge in [0.2, 0.25) is 0 Å². The van der Waals surface area contributed by atoms with Gasteiger partial charge in [0.25, 0.3) is 0 Å². The van der Waals surface area contributed by atoms with Crippen molar-refractivity contribution < 1.29 is 14.3 Å². The van der Waals surface area contributed by atoms with Crippen LogP contribution in [-0.4, -0.2) is 25.3 Å². The van der Waals surface area contributed by atoms with Crippen LogP contribution in [-0.2, 0) is 20.7 Å². The molecule has 0 aliphatic carbocycles. The molecule has 2 rings (SSSR count). The first-order chi connectivity index (χ1) is 8.28. The van der Waals surface area contributed by atoms with Gasteiger partial charge in [-0.25, -0.2) is 0 Å². The third kappa shape index (κ3) is 4.04. The van der Waals surface area contributed by atoms with Crippen LogP contribution in [0, 0.1) is 0 Å². The van der Waals surface area contributed by atoms with Crippen molar-refractivity contribution in [2.24, 2.45) is 0 Å². The molecule has 0 spiro atoms. The fraction of sp³-hybridized carbons (Fsp3) is 0.357. The molecule has 1 atom stereocenters. The Bertz CT molecular complexity index is 390. The number of carbonyl (C=O) groups is 1. The van der Waals surface area contributed by atoms with Crippen LogP contribution in [0.5, 0.6) is 0 Å². The van der Waals surface area contributed by atoms with Crippen LogP contribution < -0.4 is 0 Å². The van der Waals surface area contributed by atoms with Crippen molar-refractivity contribution in [3.8, 4) is 0 Å². The number of rotatable bonds is 6. The lowest BCUT2D eigenvalue weighted by Crippen LogP contribution is -2.10. The molecular formula is C14H16O3. The fourth-order valence-electron chi connectivity index (χ4n) is 1.49. The highest BCUT2D eigenvalue weighted by atomic mass is 16.6. The lowest BCUT2D eigenvalue weighted by molar-refractivity contribution is -0.144. The molecule has 17 heavy (non-hydrogen) atoms. The summed E-state index contributed by atoms with van der Waals surface area (Å²) in [7, 11) is 0. The van der Waals surface area contributed by atoms with E-state index in [1.165, 1.54) is 0 Å². The fourth-order valence-corrected chi connectivity index (χ4v) is 1.49. The van der Waals surface area contributed by atoms with Gasteiger partial charge in [0.05, 0.1) is 6.61 Å². The number of esters is 1. The topological polar surface area (TPSA) is 38.8 Å². The zero-order chi connectivity index (χ0) is 12.1. The minimum atomic E-state index is -0.159. The SMILES string of the molecule is C=Cc1ccc(CCC(=O)OCC2CO2)cc1. The summed E-state index contributed by atoms with van der Waals surface area (Å²) in [6.07, 6.45) is 3.07. The van der Waals surface area contributed by atoms with E-state index < -0.39 is 0 Å². The van der Waals surface area contributed by atoms with Crippen molar-refractivity contribution in [1.29, 1.82) is 0 Å². The average molecular weight is 232 g/mol. The first-order valence-electron chi connectivity index (χ1n) is 5.76. The van der Waals surface area contributed by atoms with Crippen LogP contribution in [0.25, 0.3) is 6.08 Å². The van der Waals surface area contributed by atoms with Crippen molar-refractivity contribution in [2.45, 2.75) is 18.9 Å². The average Bonchev–Trinajstić information content (AvgIpc) is 3.18. The summed E-state index contributed by atoms with van der Waals surface area (Å²) < 4.78 is 10.0. The molecule has 0 radical (unpaired) electrons. The standard InChI is InChI=1S/C14H16O3/c1-2-11-3-5-12(6-4-11)7-8-14(15)17-10-13-9-16-13/h2-6,13H,1,7-10H2. The summed E-state index contributed by atoms with van der Waals surface area (Å²) in [6, 6.07) is 8.00. The second-order valence-corrected chi connectivity index (χ2v) is 4.08. The van der Waals surface area contributed by atoms with Crippen LogP contribution in [0.1, 0.15) is 17.5 Å². The predicted octanol–water partition coefficient (Wildman–Crippen LogP) is 2.20. The molecule has 0 N–H and O–H groups in total. The number of carbonyl (C=O) groups excluding carboxylic acids is 1. The zero-order valence-electron chi connectivity index (χ0n) is 9.72. The van der Waals surface area contributed by atoms with Gasteiger partial charge in [-0.2, -0.15) is 0 Å². The molecule has 3 heteroatoms. The summed E-state index contributed by atoms with van der Waals surface area (Å²) in [4.78, 5) is 11.4. The largest absolute Gasteiger partial charge is 0.463 e. The molecule has 0 aromatic heterocycles. The van der Waals surface area contributed by atoms with Gasteiger partial charge in [-0.05, 0) is 17.5 Å². The molecule has 90 valence electrons. The Balaban J connectivity index is 1.71. The molecular weight excluding hydrogens is 216 g/mol. The van der Waals surface area contributed by atoms with Gasteiger partial charge >= 0.3 is 5.97 Å². The third-order valence-corrected chi connectivity index (χ3v) is 2.67. The Hall–Kier alpha value is -1.61. The van der Waals surface area contributed by atoms with Crippen LogP contribution in [0.15, 0.2) is 30.8 Å². The van der Waals surface area contributed by atoms with Gasteiger partial charge in [0, 0.05) is 6.42 Å². The zero-order valence-corrected chi connectivity index (χ0v) is 9.72. The van der Waals surface area contributed by atoms with Crippen molar-refractivity contribution in [2.75, 3.05) is 13.2 Å². The highest BCUT2D eigenvalue weighted by Gasteiger charge is 2.23. The van der Waals surface area contributed by atoms with Crippen molar-refractivity contribution in [3.63, 3.8) is 0 Å². The third-order valence-electron chi connectivity index (χ3n) is 2.67. The Morgan fingerprint density at radius 2 is 2.18 bits per heavy atom. The summed E-state index contributed by atoms with van der Waals surface area (Å²) in [6.45, 7) is 4.81. The second kappa shape index (κ2) is 5.64.